The van der Waals surface area contributed by atoms with Crippen LogP contribution in [0, 0.1) is 0 Å². The van der Waals surface area contributed by atoms with Crippen LogP contribution in [0.25, 0.3) is 0 Å². The van der Waals surface area contributed by atoms with Crippen molar-refractivity contribution < 1.29 is 19.1 Å². The van der Waals surface area contributed by atoms with Gasteiger partial charge in [-0.25, -0.2) is 0 Å². The van der Waals surface area contributed by atoms with Gasteiger partial charge in [-0.05, 0) is 23.6 Å². The van der Waals surface area contributed by atoms with E-state index in [2.05, 4.69) is 5.32 Å². The summed E-state index contributed by atoms with van der Waals surface area (Å²) in [5, 5.41) is 2.57. The van der Waals surface area contributed by atoms with E-state index >= 15 is 0 Å². The molecule has 126 valence electrons. The van der Waals surface area contributed by atoms with E-state index in [4.69, 9.17) is 9.47 Å². The molecule has 0 spiro atoms. The first-order chi connectivity index (χ1) is 11.7. The Morgan fingerprint density at radius 1 is 1.00 bits per heavy atom. The molecule has 2 aromatic carbocycles. The topological polar surface area (TPSA) is 64.6 Å². The van der Waals surface area contributed by atoms with Crippen LogP contribution < -0.4 is 10.1 Å². The Bertz CT molecular complexity index is 670. The molecule has 0 heterocycles. The number of esters is 1. The maximum atomic E-state index is 11.8. The minimum atomic E-state index is -0.454. The maximum Gasteiger partial charge on any atom is 0.325 e. The zero-order valence-electron chi connectivity index (χ0n) is 13.7. The van der Waals surface area contributed by atoms with E-state index in [-0.39, 0.29) is 25.5 Å². The molecule has 5 heteroatoms. The van der Waals surface area contributed by atoms with Gasteiger partial charge in [-0.1, -0.05) is 48.5 Å². The van der Waals surface area contributed by atoms with Crippen LogP contribution in [-0.4, -0.2) is 25.5 Å². The van der Waals surface area contributed by atoms with Crippen LogP contribution in [0.1, 0.15) is 17.5 Å². The van der Waals surface area contributed by atoms with E-state index in [1.807, 2.05) is 54.6 Å². The van der Waals surface area contributed by atoms with Gasteiger partial charge >= 0.3 is 5.97 Å². The second-order valence-corrected chi connectivity index (χ2v) is 5.23. The Morgan fingerprint density at radius 3 is 2.46 bits per heavy atom. The Hall–Kier alpha value is -2.82. The fourth-order valence-electron chi connectivity index (χ4n) is 2.21. The normalized spacial score (nSPS) is 10.0. The SMILES string of the molecule is COc1ccccc1CCC(=O)NCC(=O)OCc1ccccc1. The summed E-state index contributed by atoms with van der Waals surface area (Å²) in [6.45, 7) is 0.0777. The molecule has 0 aliphatic carbocycles. The van der Waals surface area contributed by atoms with Crippen LogP contribution in [0.15, 0.2) is 54.6 Å². The van der Waals surface area contributed by atoms with Gasteiger partial charge in [-0.2, -0.15) is 0 Å². The van der Waals surface area contributed by atoms with Crippen LogP contribution in [0.3, 0.4) is 0 Å². The summed E-state index contributed by atoms with van der Waals surface area (Å²) in [7, 11) is 1.60. The van der Waals surface area contributed by atoms with Crippen molar-refractivity contribution in [2.75, 3.05) is 13.7 Å². The molecule has 1 amide bonds. The van der Waals surface area contributed by atoms with E-state index in [0.717, 1.165) is 16.9 Å². The highest BCUT2D eigenvalue weighted by atomic mass is 16.5. The Labute approximate surface area is 141 Å². The molecule has 2 aromatic rings. The number of rotatable bonds is 8. The molecule has 0 aliphatic rings. The molecule has 0 fully saturated rings. The molecule has 0 aromatic heterocycles. The van der Waals surface area contributed by atoms with E-state index in [0.29, 0.717) is 6.42 Å². The fourth-order valence-corrected chi connectivity index (χ4v) is 2.21. The average Bonchev–Trinajstić information content (AvgIpc) is 2.64. The number of carbonyl (C=O) groups is 2. The summed E-state index contributed by atoms with van der Waals surface area (Å²) in [4.78, 5) is 23.5. The molecule has 0 radical (unpaired) electrons. The maximum absolute atomic E-state index is 11.8. The van der Waals surface area contributed by atoms with Crippen molar-refractivity contribution >= 4 is 11.9 Å². The van der Waals surface area contributed by atoms with E-state index < -0.39 is 5.97 Å². The minimum Gasteiger partial charge on any atom is -0.496 e. The van der Waals surface area contributed by atoms with Crippen molar-refractivity contribution in [2.24, 2.45) is 0 Å². The van der Waals surface area contributed by atoms with Gasteiger partial charge in [-0.3, -0.25) is 9.59 Å². The fraction of sp³-hybridized carbons (Fsp3) is 0.263. The van der Waals surface area contributed by atoms with Gasteiger partial charge in [0, 0.05) is 6.42 Å². The standard InChI is InChI=1S/C19H21NO4/c1-23-17-10-6-5-9-16(17)11-12-18(21)20-13-19(22)24-14-15-7-3-2-4-8-15/h2-10H,11-14H2,1H3,(H,20,21). The van der Waals surface area contributed by atoms with Crippen molar-refractivity contribution in [3.8, 4) is 5.75 Å². The molecular formula is C19H21NO4. The lowest BCUT2D eigenvalue weighted by molar-refractivity contribution is -0.145. The predicted octanol–water partition coefficient (Wildman–Crippen LogP) is 2.49. The molecule has 24 heavy (non-hydrogen) atoms. The first kappa shape index (κ1) is 17.5. The molecule has 0 bridgehead atoms. The molecule has 1 N–H and O–H groups in total. The summed E-state index contributed by atoms with van der Waals surface area (Å²) >= 11 is 0. The summed E-state index contributed by atoms with van der Waals surface area (Å²) in [6.07, 6.45) is 0.835. The highest BCUT2D eigenvalue weighted by Crippen LogP contribution is 2.18. The van der Waals surface area contributed by atoms with Gasteiger partial charge in [0.2, 0.25) is 5.91 Å². The number of nitrogens with one attached hydrogen (secondary N) is 1. The largest absolute Gasteiger partial charge is 0.496 e. The molecule has 0 saturated carbocycles. The smallest absolute Gasteiger partial charge is 0.325 e. The van der Waals surface area contributed by atoms with Crippen molar-refractivity contribution in [3.05, 3.63) is 65.7 Å². The first-order valence-electron chi connectivity index (χ1n) is 7.77. The number of aryl methyl sites for hydroxylation is 1. The van der Waals surface area contributed by atoms with Gasteiger partial charge in [-0.15, -0.1) is 0 Å². The zero-order chi connectivity index (χ0) is 17.2. The third-order valence-corrected chi connectivity index (χ3v) is 3.49. The molecular weight excluding hydrogens is 306 g/mol. The predicted molar refractivity (Wildman–Crippen MR) is 90.6 cm³/mol. The van der Waals surface area contributed by atoms with Crippen molar-refractivity contribution in [1.82, 2.24) is 5.32 Å². The van der Waals surface area contributed by atoms with E-state index in [9.17, 15) is 9.59 Å². The Morgan fingerprint density at radius 2 is 1.71 bits per heavy atom. The monoisotopic (exact) mass is 327 g/mol. The molecule has 2 rings (SSSR count). The summed E-state index contributed by atoms with van der Waals surface area (Å²) in [5.41, 5.74) is 1.87. The molecule has 0 unspecified atom stereocenters. The molecule has 0 atom stereocenters. The van der Waals surface area contributed by atoms with E-state index in [1.165, 1.54) is 0 Å². The highest BCUT2D eigenvalue weighted by Gasteiger charge is 2.09. The minimum absolute atomic E-state index is 0.127. The van der Waals surface area contributed by atoms with Gasteiger partial charge in [0.15, 0.2) is 0 Å². The molecule has 0 saturated heterocycles. The lowest BCUT2D eigenvalue weighted by Crippen LogP contribution is -2.30. The Kier molecular flexibility index (Phi) is 6.83. The highest BCUT2D eigenvalue weighted by molar-refractivity contribution is 5.82. The average molecular weight is 327 g/mol. The number of carbonyl (C=O) groups excluding carboxylic acids is 2. The number of para-hydroxylation sites is 1. The summed E-state index contributed by atoms with van der Waals surface area (Å²) in [6, 6.07) is 17.0. The van der Waals surface area contributed by atoms with Crippen molar-refractivity contribution in [1.29, 1.82) is 0 Å². The van der Waals surface area contributed by atoms with Crippen LogP contribution in [-0.2, 0) is 27.4 Å². The second-order valence-electron chi connectivity index (χ2n) is 5.23. The number of amides is 1. The molecule has 0 aliphatic heterocycles. The van der Waals surface area contributed by atoms with Gasteiger partial charge in [0.1, 0.15) is 18.9 Å². The van der Waals surface area contributed by atoms with E-state index in [1.54, 1.807) is 7.11 Å². The van der Waals surface area contributed by atoms with Crippen LogP contribution >= 0.6 is 0 Å². The summed E-state index contributed by atoms with van der Waals surface area (Å²) in [5.74, 6) is 0.106. The number of hydrogen-bond donors (Lipinski definition) is 1. The van der Waals surface area contributed by atoms with Gasteiger partial charge in [0.05, 0.1) is 7.11 Å². The van der Waals surface area contributed by atoms with Gasteiger partial charge in [0.25, 0.3) is 0 Å². The third kappa shape index (κ3) is 5.76. The number of hydrogen-bond acceptors (Lipinski definition) is 4. The molecule has 5 nitrogen and oxygen atoms in total. The first-order valence-corrected chi connectivity index (χ1v) is 7.77. The van der Waals surface area contributed by atoms with Crippen molar-refractivity contribution in [3.63, 3.8) is 0 Å². The summed E-state index contributed by atoms with van der Waals surface area (Å²) < 4.78 is 10.3. The second kappa shape index (κ2) is 9.35. The van der Waals surface area contributed by atoms with Crippen molar-refractivity contribution in [2.45, 2.75) is 19.4 Å². The lowest BCUT2D eigenvalue weighted by atomic mass is 10.1. The van der Waals surface area contributed by atoms with Gasteiger partial charge < -0.3 is 14.8 Å². The zero-order valence-corrected chi connectivity index (χ0v) is 13.7. The number of benzene rings is 2. The number of ether oxygens (including phenoxy) is 2. The third-order valence-electron chi connectivity index (χ3n) is 3.49. The van der Waals surface area contributed by atoms with Crippen LogP contribution in [0.2, 0.25) is 0 Å². The quantitative estimate of drug-likeness (QED) is 0.757. The Balaban J connectivity index is 1.68. The van der Waals surface area contributed by atoms with Crippen LogP contribution in [0.4, 0.5) is 0 Å². The number of methoxy groups -OCH3 is 1. The lowest BCUT2D eigenvalue weighted by Gasteiger charge is -2.09. The van der Waals surface area contributed by atoms with Crippen LogP contribution in [0.5, 0.6) is 5.75 Å².